The fourth-order valence-electron chi connectivity index (χ4n) is 1.75. The van der Waals surface area contributed by atoms with Gasteiger partial charge in [0.25, 0.3) is 0 Å². The molecule has 1 atom stereocenters. The van der Waals surface area contributed by atoms with Gasteiger partial charge in [0.2, 0.25) is 0 Å². The summed E-state index contributed by atoms with van der Waals surface area (Å²) in [6.45, 7) is 6.37. The second kappa shape index (κ2) is 8.46. The molecule has 1 rings (SSSR count). The lowest BCUT2D eigenvalue weighted by Gasteiger charge is -2.19. The van der Waals surface area contributed by atoms with Crippen molar-refractivity contribution in [2.45, 2.75) is 32.7 Å². The van der Waals surface area contributed by atoms with Gasteiger partial charge >= 0.3 is 0 Å². The van der Waals surface area contributed by atoms with Crippen LogP contribution in [0, 0.1) is 5.82 Å². The van der Waals surface area contributed by atoms with E-state index >= 15 is 0 Å². The van der Waals surface area contributed by atoms with Crippen molar-refractivity contribution in [3.63, 3.8) is 0 Å². The highest BCUT2D eigenvalue weighted by Crippen LogP contribution is 2.18. The first-order valence-corrected chi connectivity index (χ1v) is 6.80. The highest BCUT2D eigenvalue weighted by atomic mass is 35.5. The summed E-state index contributed by atoms with van der Waals surface area (Å²) in [4.78, 5) is 0. The zero-order chi connectivity index (χ0) is 13.4. The van der Waals surface area contributed by atoms with Crippen LogP contribution in [0.2, 0.25) is 5.02 Å². The van der Waals surface area contributed by atoms with E-state index < -0.39 is 0 Å². The predicted octanol–water partition coefficient (Wildman–Crippen LogP) is 3.43. The maximum absolute atomic E-state index is 13.0. The van der Waals surface area contributed by atoms with Gasteiger partial charge in [0.1, 0.15) is 5.82 Å². The normalized spacial score (nSPS) is 12.7. The van der Waals surface area contributed by atoms with Gasteiger partial charge in [-0.3, -0.25) is 0 Å². The Hall–Kier alpha value is -0.640. The van der Waals surface area contributed by atoms with E-state index in [0.29, 0.717) is 18.2 Å². The Morgan fingerprint density at radius 3 is 2.78 bits per heavy atom. The number of nitrogens with one attached hydrogen (secondary N) is 1. The van der Waals surface area contributed by atoms with E-state index in [1.165, 1.54) is 12.1 Å². The lowest BCUT2D eigenvalue weighted by Crippen LogP contribution is -2.36. The van der Waals surface area contributed by atoms with Crippen molar-refractivity contribution >= 4 is 11.6 Å². The third-order valence-electron chi connectivity index (χ3n) is 2.69. The molecule has 0 radical (unpaired) electrons. The first-order chi connectivity index (χ1) is 8.67. The molecule has 102 valence electrons. The second-order valence-electron chi connectivity index (χ2n) is 4.25. The minimum absolute atomic E-state index is 0.216. The van der Waals surface area contributed by atoms with Crippen molar-refractivity contribution < 1.29 is 9.13 Å². The van der Waals surface area contributed by atoms with E-state index in [1.807, 2.05) is 6.92 Å². The summed E-state index contributed by atoms with van der Waals surface area (Å²) in [5.74, 6) is -0.299. The minimum atomic E-state index is -0.299. The van der Waals surface area contributed by atoms with Gasteiger partial charge in [0, 0.05) is 17.7 Å². The van der Waals surface area contributed by atoms with E-state index in [1.54, 1.807) is 6.07 Å². The molecule has 0 aliphatic carbocycles. The summed E-state index contributed by atoms with van der Waals surface area (Å²) in [6.07, 6.45) is 1.82. The summed E-state index contributed by atoms with van der Waals surface area (Å²) in [5.41, 5.74) is 0.950. The maximum Gasteiger partial charge on any atom is 0.124 e. The molecule has 1 N–H and O–H groups in total. The molecule has 4 heteroatoms. The monoisotopic (exact) mass is 273 g/mol. The fourth-order valence-corrected chi connectivity index (χ4v) is 2.00. The molecular formula is C14H21ClFNO. The molecule has 0 saturated carbocycles. The van der Waals surface area contributed by atoms with Crippen LogP contribution >= 0.6 is 11.6 Å². The van der Waals surface area contributed by atoms with E-state index in [2.05, 4.69) is 12.2 Å². The van der Waals surface area contributed by atoms with Crippen LogP contribution in [0.25, 0.3) is 0 Å². The van der Waals surface area contributed by atoms with Crippen LogP contribution < -0.4 is 5.32 Å². The van der Waals surface area contributed by atoms with E-state index in [9.17, 15) is 4.39 Å². The Bertz CT molecular complexity index is 352. The van der Waals surface area contributed by atoms with Crippen LogP contribution in [0.3, 0.4) is 0 Å². The number of hydrogen-bond acceptors (Lipinski definition) is 2. The van der Waals surface area contributed by atoms with Gasteiger partial charge in [0.15, 0.2) is 0 Å². The van der Waals surface area contributed by atoms with Crippen LogP contribution in [-0.2, 0) is 11.2 Å². The van der Waals surface area contributed by atoms with Gasteiger partial charge in [-0.05, 0) is 44.0 Å². The lowest BCUT2D eigenvalue weighted by atomic mass is 10.1. The largest absolute Gasteiger partial charge is 0.380 e. The molecule has 0 fully saturated rings. The summed E-state index contributed by atoms with van der Waals surface area (Å²) >= 11 is 6.03. The Morgan fingerprint density at radius 2 is 2.17 bits per heavy atom. The molecule has 1 aromatic rings. The summed E-state index contributed by atoms with van der Waals surface area (Å²) in [5, 5.41) is 3.90. The van der Waals surface area contributed by atoms with Crippen molar-refractivity contribution in [2.75, 3.05) is 19.8 Å². The number of benzene rings is 1. The Morgan fingerprint density at radius 1 is 1.39 bits per heavy atom. The molecule has 18 heavy (non-hydrogen) atoms. The molecule has 2 nitrogen and oxygen atoms in total. The molecule has 0 aliphatic heterocycles. The number of ether oxygens (including phenoxy) is 1. The SMILES string of the molecule is CCCNC(COCC)Cc1ccc(F)cc1Cl. The third kappa shape index (κ3) is 5.34. The highest BCUT2D eigenvalue weighted by Gasteiger charge is 2.11. The van der Waals surface area contributed by atoms with Gasteiger partial charge in [-0.15, -0.1) is 0 Å². The Labute approximate surface area is 113 Å². The summed E-state index contributed by atoms with van der Waals surface area (Å²) in [6, 6.07) is 4.75. The number of halogens is 2. The summed E-state index contributed by atoms with van der Waals surface area (Å²) < 4.78 is 18.4. The maximum atomic E-state index is 13.0. The van der Waals surface area contributed by atoms with Crippen molar-refractivity contribution in [1.82, 2.24) is 5.32 Å². The fraction of sp³-hybridized carbons (Fsp3) is 0.571. The lowest BCUT2D eigenvalue weighted by molar-refractivity contribution is 0.122. The van der Waals surface area contributed by atoms with Gasteiger partial charge in [-0.25, -0.2) is 4.39 Å². The van der Waals surface area contributed by atoms with Crippen LogP contribution in [0.1, 0.15) is 25.8 Å². The second-order valence-corrected chi connectivity index (χ2v) is 4.66. The number of rotatable bonds is 8. The molecule has 0 aromatic heterocycles. The molecule has 0 heterocycles. The molecule has 1 unspecified atom stereocenters. The predicted molar refractivity (Wildman–Crippen MR) is 73.7 cm³/mol. The average Bonchev–Trinajstić information content (AvgIpc) is 2.35. The Kier molecular flexibility index (Phi) is 7.25. The van der Waals surface area contributed by atoms with Gasteiger partial charge < -0.3 is 10.1 Å². The molecule has 0 aliphatic rings. The van der Waals surface area contributed by atoms with Crippen molar-refractivity contribution in [3.8, 4) is 0 Å². The molecule has 0 spiro atoms. The van der Waals surface area contributed by atoms with Crippen LogP contribution in [0.5, 0.6) is 0 Å². The quantitative estimate of drug-likeness (QED) is 0.784. The molecular weight excluding hydrogens is 253 g/mol. The van der Waals surface area contributed by atoms with Crippen molar-refractivity contribution in [3.05, 3.63) is 34.6 Å². The summed E-state index contributed by atoms with van der Waals surface area (Å²) in [7, 11) is 0. The van der Waals surface area contributed by atoms with E-state index in [-0.39, 0.29) is 11.9 Å². The van der Waals surface area contributed by atoms with E-state index in [0.717, 1.165) is 24.9 Å². The van der Waals surface area contributed by atoms with Crippen LogP contribution in [0.4, 0.5) is 4.39 Å². The first-order valence-electron chi connectivity index (χ1n) is 6.42. The van der Waals surface area contributed by atoms with Crippen LogP contribution in [0.15, 0.2) is 18.2 Å². The topological polar surface area (TPSA) is 21.3 Å². The number of hydrogen-bond donors (Lipinski definition) is 1. The zero-order valence-corrected chi connectivity index (χ0v) is 11.8. The average molecular weight is 274 g/mol. The molecule has 0 amide bonds. The Balaban J connectivity index is 2.62. The molecule has 1 aromatic carbocycles. The first kappa shape index (κ1) is 15.4. The standard InChI is InChI=1S/C14H21ClFNO/c1-3-7-17-13(10-18-4-2)8-11-5-6-12(16)9-14(11)15/h5-6,9,13,17H,3-4,7-8,10H2,1-2H3. The van der Waals surface area contributed by atoms with Gasteiger partial charge in [-0.1, -0.05) is 24.6 Å². The zero-order valence-electron chi connectivity index (χ0n) is 11.0. The molecule has 0 saturated heterocycles. The van der Waals surface area contributed by atoms with E-state index in [4.69, 9.17) is 16.3 Å². The highest BCUT2D eigenvalue weighted by molar-refractivity contribution is 6.31. The minimum Gasteiger partial charge on any atom is -0.380 e. The van der Waals surface area contributed by atoms with Gasteiger partial charge in [0.05, 0.1) is 6.61 Å². The third-order valence-corrected chi connectivity index (χ3v) is 3.04. The van der Waals surface area contributed by atoms with Crippen molar-refractivity contribution in [2.24, 2.45) is 0 Å². The smallest absolute Gasteiger partial charge is 0.124 e. The molecule has 0 bridgehead atoms. The van der Waals surface area contributed by atoms with Gasteiger partial charge in [-0.2, -0.15) is 0 Å². The van der Waals surface area contributed by atoms with Crippen molar-refractivity contribution in [1.29, 1.82) is 0 Å². The van der Waals surface area contributed by atoms with Crippen LogP contribution in [-0.4, -0.2) is 25.8 Å².